The van der Waals surface area contributed by atoms with Crippen molar-refractivity contribution in [2.45, 2.75) is 38.9 Å². The molecule has 1 fully saturated rings. The predicted octanol–water partition coefficient (Wildman–Crippen LogP) is 3.21. The minimum atomic E-state index is -1.26. The van der Waals surface area contributed by atoms with E-state index in [0.717, 1.165) is 29.9 Å². The van der Waals surface area contributed by atoms with Gasteiger partial charge in [-0.2, -0.15) is 0 Å². The normalized spacial score (nSPS) is 24.6. The SMILES string of the molecule is COC(=O)C1(C)OCC(CCCCON=C(C)c2cccs2)CO1. The second kappa shape index (κ2) is 9.15. The molecule has 0 spiro atoms. The molecular formula is C17H25NO5S. The van der Waals surface area contributed by atoms with Crippen LogP contribution in [0.3, 0.4) is 0 Å². The average molecular weight is 355 g/mol. The summed E-state index contributed by atoms with van der Waals surface area (Å²) in [6.45, 7) is 5.14. The molecule has 1 saturated heterocycles. The summed E-state index contributed by atoms with van der Waals surface area (Å²) in [4.78, 5) is 18.1. The van der Waals surface area contributed by atoms with Gasteiger partial charge in [0, 0.05) is 12.8 Å². The number of rotatable bonds is 8. The van der Waals surface area contributed by atoms with Gasteiger partial charge in [0.05, 0.1) is 30.9 Å². The van der Waals surface area contributed by atoms with Crippen molar-refractivity contribution >= 4 is 23.0 Å². The third-order valence-corrected chi connectivity index (χ3v) is 4.90. The number of thiophene rings is 1. The number of ether oxygens (including phenoxy) is 3. The Labute approximate surface area is 146 Å². The molecule has 134 valence electrons. The van der Waals surface area contributed by atoms with Gasteiger partial charge in [0.1, 0.15) is 6.61 Å². The first kappa shape index (κ1) is 18.9. The van der Waals surface area contributed by atoms with E-state index in [1.807, 2.05) is 24.4 Å². The predicted molar refractivity (Wildman–Crippen MR) is 92.1 cm³/mol. The first-order valence-electron chi connectivity index (χ1n) is 8.12. The van der Waals surface area contributed by atoms with Gasteiger partial charge in [0.25, 0.3) is 5.79 Å². The Kier molecular flexibility index (Phi) is 7.20. The molecule has 2 rings (SSSR count). The van der Waals surface area contributed by atoms with Crippen LogP contribution in [0, 0.1) is 5.92 Å². The van der Waals surface area contributed by atoms with Crippen molar-refractivity contribution in [1.29, 1.82) is 0 Å². The zero-order valence-corrected chi connectivity index (χ0v) is 15.3. The average Bonchev–Trinajstić information content (AvgIpc) is 3.13. The van der Waals surface area contributed by atoms with E-state index in [0.29, 0.717) is 25.7 Å². The first-order valence-corrected chi connectivity index (χ1v) is 9.00. The van der Waals surface area contributed by atoms with Crippen LogP contribution in [-0.2, 0) is 23.8 Å². The lowest BCUT2D eigenvalue weighted by Gasteiger charge is -2.35. The molecule has 24 heavy (non-hydrogen) atoms. The highest BCUT2D eigenvalue weighted by Crippen LogP contribution is 2.25. The Bertz CT molecular complexity index is 535. The summed E-state index contributed by atoms with van der Waals surface area (Å²) in [7, 11) is 1.33. The topological polar surface area (TPSA) is 66.4 Å². The Morgan fingerprint density at radius 2 is 2.17 bits per heavy atom. The molecular weight excluding hydrogens is 330 g/mol. The molecule has 6 nitrogen and oxygen atoms in total. The van der Waals surface area contributed by atoms with Gasteiger partial charge >= 0.3 is 5.97 Å². The molecule has 0 atom stereocenters. The summed E-state index contributed by atoms with van der Waals surface area (Å²) in [6, 6.07) is 4.02. The molecule has 0 aromatic carbocycles. The number of methoxy groups -OCH3 is 1. The summed E-state index contributed by atoms with van der Waals surface area (Å²) in [5.41, 5.74) is 0.904. The van der Waals surface area contributed by atoms with E-state index in [1.54, 1.807) is 18.3 Å². The van der Waals surface area contributed by atoms with Crippen molar-refractivity contribution in [2.24, 2.45) is 11.1 Å². The lowest BCUT2D eigenvalue weighted by atomic mass is 10.0. The summed E-state index contributed by atoms with van der Waals surface area (Å²) < 4.78 is 15.7. The zero-order valence-electron chi connectivity index (χ0n) is 14.4. The highest BCUT2D eigenvalue weighted by atomic mass is 32.1. The molecule has 7 heteroatoms. The summed E-state index contributed by atoms with van der Waals surface area (Å²) in [5, 5.41) is 6.15. The molecule has 2 heterocycles. The fourth-order valence-electron chi connectivity index (χ4n) is 2.38. The van der Waals surface area contributed by atoms with Crippen molar-refractivity contribution in [3.63, 3.8) is 0 Å². The molecule has 0 amide bonds. The van der Waals surface area contributed by atoms with E-state index >= 15 is 0 Å². The van der Waals surface area contributed by atoms with Crippen LogP contribution < -0.4 is 0 Å². The van der Waals surface area contributed by atoms with Gasteiger partial charge in [0.2, 0.25) is 0 Å². The van der Waals surface area contributed by atoms with Crippen LogP contribution in [0.5, 0.6) is 0 Å². The number of hydrogen-bond donors (Lipinski definition) is 0. The van der Waals surface area contributed by atoms with E-state index in [4.69, 9.17) is 14.3 Å². The van der Waals surface area contributed by atoms with Crippen molar-refractivity contribution in [2.75, 3.05) is 26.9 Å². The van der Waals surface area contributed by atoms with Gasteiger partial charge in [0.15, 0.2) is 0 Å². The minimum Gasteiger partial charge on any atom is -0.465 e. The number of hydrogen-bond acceptors (Lipinski definition) is 7. The maximum atomic E-state index is 11.6. The van der Waals surface area contributed by atoms with Crippen LogP contribution in [0.2, 0.25) is 0 Å². The number of esters is 1. The van der Waals surface area contributed by atoms with E-state index < -0.39 is 11.8 Å². The highest BCUT2D eigenvalue weighted by Gasteiger charge is 2.41. The molecule has 1 aromatic rings. The third-order valence-electron chi connectivity index (χ3n) is 3.92. The van der Waals surface area contributed by atoms with Gasteiger partial charge in [-0.3, -0.25) is 0 Å². The van der Waals surface area contributed by atoms with Gasteiger partial charge in [-0.05, 0) is 37.6 Å². The Morgan fingerprint density at radius 3 is 2.79 bits per heavy atom. The molecule has 0 radical (unpaired) electrons. The summed E-state index contributed by atoms with van der Waals surface area (Å²) in [5.74, 6) is -1.46. The lowest BCUT2D eigenvalue weighted by molar-refractivity contribution is -0.272. The number of nitrogens with zero attached hydrogens (tertiary/aromatic N) is 1. The van der Waals surface area contributed by atoms with Crippen molar-refractivity contribution < 1.29 is 23.8 Å². The largest absolute Gasteiger partial charge is 0.465 e. The monoisotopic (exact) mass is 355 g/mol. The minimum absolute atomic E-state index is 0.291. The van der Waals surface area contributed by atoms with Crippen LogP contribution >= 0.6 is 11.3 Å². The molecule has 0 bridgehead atoms. The van der Waals surface area contributed by atoms with Crippen LogP contribution in [0.15, 0.2) is 22.7 Å². The molecule has 0 aliphatic carbocycles. The van der Waals surface area contributed by atoms with Crippen molar-refractivity contribution in [3.05, 3.63) is 22.4 Å². The zero-order chi connectivity index (χ0) is 17.4. The van der Waals surface area contributed by atoms with Gasteiger partial charge in [-0.25, -0.2) is 4.79 Å². The Morgan fingerprint density at radius 1 is 1.42 bits per heavy atom. The maximum Gasteiger partial charge on any atom is 0.366 e. The third kappa shape index (κ3) is 5.29. The number of unbranched alkanes of at least 4 members (excludes halogenated alkanes) is 1. The van der Waals surface area contributed by atoms with Crippen LogP contribution in [0.25, 0.3) is 0 Å². The molecule has 0 N–H and O–H groups in total. The summed E-state index contributed by atoms with van der Waals surface area (Å²) in [6.07, 6.45) is 2.89. The van der Waals surface area contributed by atoms with E-state index in [-0.39, 0.29) is 0 Å². The highest BCUT2D eigenvalue weighted by molar-refractivity contribution is 7.12. The van der Waals surface area contributed by atoms with Crippen LogP contribution in [0.4, 0.5) is 0 Å². The molecule has 1 aliphatic rings. The number of carbonyl (C=O) groups is 1. The van der Waals surface area contributed by atoms with Gasteiger partial charge < -0.3 is 19.0 Å². The van der Waals surface area contributed by atoms with Crippen LogP contribution in [-0.4, -0.2) is 44.4 Å². The fraction of sp³-hybridized carbons (Fsp3) is 0.647. The van der Waals surface area contributed by atoms with Gasteiger partial charge in [-0.1, -0.05) is 11.2 Å². The smallest absolute Gasteiger partial charge is 0.366 e. The fourth-order valence-corrected chi connectivity index (χ4v) is 3.05. The quantitative estimate of drug-likeness (QED) is 0.310. The molecule has 0 saturated carbocycles. The second-order valence-corrected chi connectivity index (χ2v) is 6.86. The Balaban J connectivity index is 1.57. The Hall–Kier alpha value is -1.44. The van der Waals surface area contributed by atoms with E-state index in [1.165, 1.54) is 7.11 Å². The van der Waals surface area contributed by atoms with Crippen molar-refractivity contribution in [1.82, 2.24) is 0 Å². The second-order valence-electron chi connectivity index (χ2n) is 5.91. The van der Waals surface area contributed by atoms with Crippen molar-refractivity contribution in [3.8, 4) is 0 Å². The molecule has 1 aromatic heterocycles. The first-order chi connectivity index (χ1) is 11.5. The van der Waals surface area contributed by atoms with E-state index in [2.05, 4.69) is 9.89 Å². The van der Waals surface area contributed by atoms with Gasteiger partial charge in [-0.15, -0.1) is 11.3 Å². The summed E-state index contributed by atoms with van der Waals surface area (Å²) >= 11 is 1.65. The standard InChI is InChI=1S/C17H25NO5S/c1-13(15-8-6-10-24-15)18-23-9-5-4-7-14-11-21-17(2,22-12-14)16(19)20-3/h6,8,10,14H,4-5,7,9,11-12H2,1-3H3. The number of carbonyl (C=O) groups excluding carboxylic acids is 1. The van der Waals surface area contributed by atoms with E-state index in [9.17, 15) is 4.79 Å². The molecule has 1 aliphatic heterocycles. The number of oxime groups is 1. The maximum absolute atomic E-state index is 11.6. The molecule has 0 unspecified atom stereocenters. The van der Waals surface area contributed by atoms with Crippen LogP contribution in [0.1, 0.15) is 38.0 Å². The lowest BCUT2D eigenvalue weighted by Crippen LogP contribution is -2.48.